The number of alkyl halides is 3. The summed E-state index contributed by atoms with van der Waals surface area (Å²) in [6.45, 7) is 2.06. The molecule has 0 saturated carbocycles. The number of methoxy groups -OCH3 is 1. The number of carbonyl (C=O) groups is 2. The van der Waals surface area contributed by atoms with E-state index in [1.807, 2.05) is 0 Å². The lowest BCUT2D eigenvalue weighted by atomic mass is 9.98. The average Bonchev–Trinajstić information content (AvgIpc) is 2.79. The summed E-state index contributed by atoms with van der Waals surface area (Å²) in [5.74, 6) is -0.158. The van der Waals surface area contributed by atoms with Crippen molar-refractivity contribution in [3.8, 4) is 5.75 Å². The van der Waals surface area contributed by atoms with Gasteiger partial charge in [-0.3, -0.25) is 4.79 Å². The summed E-state index contributed by atoms with van der Waals surface area (Å²) in [6, 6.07) is 9.44. The second kappa shape index (κ2) is 9.46. The molecule has 2 aliphatic rings. The van der Waals surface area contributed by atoms with Gasteiger partial charge in [-0.1, -0.05) is 18.2 Å². The first-order valence-electron chi connectivity index (χ1n) is 10.7. The van der Waals surface area contributed by atoms with Gasteiger partial charge in [0.2, 0.25) is 5.78 Å². The molecule has 0 aromatic heterocycles. The molecule has 1 aliphatic heterocycles. The third-order valence-corrected chi connectivity index (χ3v) is 5.48. The summed E-state index contributed by atoms with van der Waals surface area (Å²) in [5, 5.41) is 5.00. The zero-order valence-electron chi connectivity index (χ0n) is 19.0. The van der Waals surface area contributed by atoms with Gasteiger partial charge in [-0.25, -0.2) is 4.79 Å². The standard InChI is InChI=1S/C25H23F3N2O5/c1-24(13-34-14-24)35-21-10-8-18(12-19(21)25(26,27)28)30-23(32)29-17-6-3-15(4-7-17)16-5-9-20(31)22(11-16)33-2/h3-8,10-12H,9,13-14H2,1-2H3,(H2,29,30,32). The van der Waals surface area contributed by atoms with Crippen LogP contribution in [0.1, 0.15) is 24.5 Å². The van der Waals surface area contributed by atoms with Crippen LogP contribution in [-0.2, 0) is 20.4 Å². The topological polar surface area (TPSA) is 85.9 Å². The lowest BCUT2D eigenvalue weighted by molar-refractivity contribution is -0.160. The Kier molecular flexibility index (Phi) is 6.58. The molecule has 2 aromatic carbocycles. The Morgan fingerprint density at radius 3 is 2.31 bits per heavy atom. The highest BCUT2D eigenvalue weighted by Crippen LogP contribution is 2.40. The van der Waals surface area contributed by atoms with Crippen molar-refractivity contribution in [2.45, 2.75) is 25.1 Å². The molecule has 184 valence electrons. The second-order valence-electron chi connectivity index (χ2n) is 8.41. The zero-order valence-corrected chi connectivity index (χ0v) is 19.0. The van der Waals surface area contributed by atoms with Gasteiger partial charge in [0.25, 0.3) is 0 Å². The highest BCUT2D eigenvalue weighted by atomic mass is 19.4. The molecule has 2 aromatic rings. The normalized spacial score (nSPS) is 17.0. The van der Waals surface area contributed by atoms with Crippen LogP contribution >= 0.6 is 0 Å². The van der Waals surface area contributed by atoms with Crippen LogP contribution in [0.4, 0.5) is 29.3 Å². The van der Waals surface area contributed by atoms with Crippen LogP contribution in [0.3, 0.4) is 0 Å². The minimum Gasteiger partial charge on any atom is -0.493 e. The van der Waals surface area contributed by atoms with Crippen molar-refractivity contribution in [3.63, 3.8) is 0 Å². The van der Waals surface area contributed by atoms with Crippen LogP contribution in [-0.4, -0.2) is 37.7 Å². The fourth-order valence-corrected chi connectivity index (χ4v) is 3.63. The van der Waals surface area contributed by atoms with Crippen LogP contribution in [0, 0.1) is 0 Å². The number of urea groups is 1. The average molecular weight is 488 g/mol. The van der Waals surface area contributed by atoms with Crippen molar-refractivity contribution in [2.75, 3.05) is 31.0 Å². The molecule has 1 aliphatic carbocycles. The number of hydrogen-bond acceptors (Lipinski definition) is 5. The summed E-state index contributed by atoms with van der Waals surface area (Å²) < 4.78 is 56.4. The van der Waals surface area contributed by atoms with Crippen molar-refractivity contribution in [2.24, 2.45) is 0 Å². The van der Waals surface area contributed by atoms with Gasteiger partial charge in [-0.2, -0.15) is 13.2 Å². The molecule has 10 heteroatoms. The van der Waals surface area contributed by atoms with Crippen LogP contribution in [0.15, 0.2) is 60.4 Å². The molecule has 2 amide bonds. The molecule has 4 rings (SSSR count). The molecule has 0 radical (unpaired) electrons. The summed E-state index contributed by atoms with van der Waals surface area (Å²) in [4.78, 5) is 24.1. The lowest BCUT2D eigenvalue weighted by Crippen LogP contribution is -2.51. The number of carbonyl (C=O) groups excluding carboxylic acids is 2. The fraction of sp³-hybridized carbons (Fsp3) is 0.280. The van der Waals surface area contributed by atoms with Gasteiger partial charge >= 0.3 is 12.2 Å². The number of Topliss-reactive ketones (excluding diaryl/α,β-unsaturated/α-hetero) is 1. The Morgan fingerprint density at radius 1 is 1.06 bits per heavy atom. The van der Waals surface area contributed by atoms with Crippen LogP contribution < -0.4 is 15.4 Å². The molecule has 2 N–H and O–H groups in total. The molecule has 0 spiro atoms. The van der Waals surface area contributed by atoms with E-state index in [9.17, 15) is 22.8 Å². The van der Waals surface area contributed by atoms with Gasteiger partial charge < -0.3 is 24.8 Å². The van der Waals surface area contributed by atoms with E-state index in [4.69, 9.17) is 14.2 Å². The van der Waals surface area contributed by atoms with E-state index in [1.165, 1.54) is 19.2 Å². The van der Waals surface area contributed by atoms with Crippen LogP contribution in [0.5, 0.6) is 5.75 Å². The predicted octanol–water partition coefficient (Wildman–Crippen LogP) is 5.40. The molecule has 0 unspecified atom stereocenters. The van der Waals surface area contributed by atoms with E-state index in [0.29, 0.717) is 5.69 Å². The Balaban J connectivity index is 1.43. The SMILES string of the molecule is COC1=CC(c2ccc(NC(=O)Nc3ccc(OC4(C)COC4)c(C(F)(F)F)c3)cc2)=CCC1=O. The number of ketones is 1. The number of amides is 2. The van der Waals surface area contributed by atoms with Gasteiger partial charge in [0.05, 0.1) is 25.9 Å². The quantitative estimate of drug-likeness (QED) is 0.569. The third-order valence-electron chi connectivity index (χ3n) is 5.48. The lowest BCUT2D eigenvalue weighted by Gasteiger charge is -2.38. The van der Waals surface area contributed by atoms with Crippen molar-refractivity contribution < 1.29 is 37.0 Å². The molecule has 1 fully saturated rings. The van der Waals surface area contributed by atoms with Crippen LogP contribution in [0.2, 0.25) is 0 Å². The molecule has 0 bridgehead atoms. The zero-order chi connectivity index (χ0) is 25.2. The Morgan fingerprint density at radius 2 is 1.71 bits per heavy atom. The van der Waals surface area contributed by atoms with Crippen molar-refractivity contribution >= 4 is 28.8 Å². The Labute approximate surface area is 199 Å². The number of halogens is 3. The summed E-state index contributed by atoms with van der Waals surface area (Å²) in [5.41, 5.74) is 0.209. The maximum absolute atomic E-state index is 13.6. The maximum atomic E-state index is 13.6. The van der Waals surface area contributed by atoms with Gasteiger partial charge in [0, 0.05) is 17.8 Å². The molecule has 0 atom stereocenters. The van der Waals surface area contributed by atoms with Crippen molar-refractivity contribution in [1.29, 1.82) is 0 Å². The van der Waals surface area contributed by atoms with Crippen molar-refractivity contribution in [3.05, 3.63) is 71.5 Å². The number of nitrogens with one attached hydrogen (secondary N) is 2. The molecule has 35 heavy (non-hydrogen) atoms. The van der Waals surface area contributed by atoms with Gasteiger partial charge in [0.15, 0.2) is 11.4 Å². The van der Waals surface area contributed by atoms with Gasteiger partial charge in [-0.15, -0.1) is 0 Å². The first kappa shape index (κ1) is 24.3. The van der Waals surface area contributed by atoms with E-state index in [0.717, 1.165) is 17.2 Å². The molecular weight excluding hydrogens is 465 g/mol. The Bertz CT molecular complexity index is 1200. The number of rotatable bonds is 6. The highest BCUT2D eigenvalue weighted by molar-refractivity contribution is 6.02. The monoisotopic (exact) mass is 488 g/mol. The maximum Gasteiger partial charge on any atom is 0.420 e. The van der Waals surface area contributed by atoms with E-state index in [1.54, 1.807) is 43.3 Å². The third kappa shape index (κ3) is 5.65. The number of hydrogen-bond donors (Lipinski definition) is 2. The largest absolute Gasteiger partial charge is 0.493 e. The summed E-state index contributed by atoms with van der Waals surface area (Å²) >= 11 is 0. The molecule has 7 nitrogen and oxygen atoms in total. The van der Waals surface area contributed by atoms with Crippen molar-refractivity contribution in [1.82, 2.24) is 0 Å². The number of allylic oxidation sites excluding steroid dienone is 4. The molecule has 1 heterocycles. The number of benzene rings is 2. The van der Waals surface area contributed by atoms with Gasteiger partial charge in [-0.05, 0) is 54.5 Å². The van der Waals surface area contributed by atoms with E-state index in [2.05, 4.69) is 10.6 Å². The van der Waals surface area contributed by atoms with Gasteiger partial charge in [0.1, 0.15) is 5.75 Å². The second-order valence-corrected chi connectivity index (χ2v) is 8.41. The van der Waals surface area contributed by atoms with E-state index >= 15 is 0 Å². The minimum atomic E-state index is -4.67. The molecular formula is C25H23F3N2O5. The molecule has 1 saturated heterocycles. The minimum absolute atomic E-state index is 0.0388. The summed E-state index contributed by atoms with van der Waals surface area (Å²) in [7, 11) is 1.43. The Hall–Kier alpha value is -3.79. The van der Waals surface area contributed by atoms with E-state index in [-0.39, 0.29) is 42.6 Å². The first-order valence-corrected chi connectivity index (χ1v) is 10.7. The predicted molar refractivity (Wildman–Crippen MR) is 123 cm³/mol. The first-order chi connectivity index (χ1) is 16.6. The number of anilines is 2. The van der Waals surface area contributed by atoms with E-state index < -0.39 is 23.4 Å². The fourth-order valence-electron chi connectivity index (χ4n) is 3.63. The van der Waals surface area contributed by atoms with Crippen LogP contribution in [0.25, 0.3) is 5.57 Å². The summed E-state index contributed by atoms with van der Waals surface area (Å²) in [6.07, 6.45) is -1.01. The highest BCUT2D eigenvalue weighted by Gasteiger charge is 2.40. The number of ether oxygens (including phenoxy) is 3. The smallest absolute Gasteiger partial charge is 0.420 e.